The highest BCUT2D eigenvalue weighted by molar-refractivity contribution is 6.02. The Morgan fingerprint density at radius 2 is 1.72 bits per heavy atom. The van der Waals surface area contributed by atoms with E-state index >= 15 is 0 Å². The Balaban J connectivity index is 1.77. The number of hydrogen-bond acceptors (Lipinski definition) is 2. The fourth-order valence-corrected chi connectivity index (χ4v) is 2.90. The van der Waals surface area contributed by atoms with Gasteiger partial charge in [-0.1, -0.05) is 61.5 Å². The van der Waals surface area contributed by atoms with E-state index < -0.39 is 0 Å². The molecule has 25 heavy (non-hydrogen) atoms. The van der Waals surface area contributed by atoms with Crippen molar-refractivity contribution in [1.29, 1.82) is 0 Å². The number of carbonyl (C=O) groups is 2. The van der Waals surface area contributed by atoms with Gasteiger partial charge in [0.1, 0.15) is 5.70 Å². The molecular formula is C21H22N2O2. The highest BCUT2D eigenvalue weighted by Crippen LogP contribution is 2.18. The summed E-state index contributed by atoms with van der Waals surface area (Å²) < 4.78 is 0. The van der Waals surface area contributed by atoms with Crippen LogP contribution in [-0.2, 0) is 11.3 Å². The minimum Gasteiger partial charge on any atom is -0.333 e. The zero-order valence-corrected chi connectivity index (χ0v) is 14.3. The van der Waals surface area contributed by atoms with Crippen LogP contribution in [0.15, 0.2) is 72.4 Å². The monoisotopic (exact) mass is 334 g/mol. The maximum absolute atomic E-state index is 12.9. The van der Waals surface area contributed by atoms with Gasteiger partial charge in [-0.25, -0.2) is 0 Å². The molecule has 1 unspecified atom stereocenters. The Morgan fingerprint density at radius 3 is 2.40 bits per heavy atom. The SMILES string of the molecule is CC1C=C(NC(=O)c2ccccc2)C(=O)N(Cc2ccccc2)CC1. The Morgan fingerprint density at radius 1 is 1.08 bits per heavy atom. The van der Waals surface area contributed by atoms with Crippen molar-refractivity contribution < 1.29 is 9.59 Å². The van der Waals surface area contributed by atoms with Crippen LogP contribution in [0.25, 0.3) is 0 Å². The molecule has 1 atom stereocenters. The Labute approximate surface area is 148 Å². The third kappa shape index (κ3) is 4.35. The summed E-state index contributed by atoms with van der Waals surface area (Å²) in [4.78, 5) is 27.1. The zero-order chi connectivity index (χ0) is 17.6. The van der Waals surface area contributed by atoms with E-state index in [1.54, 1.807) is 17.0 Å². The number of allylic oxidation sites excluding steroid dienone is 1. The molecule has 0 saturated carbocycles. The van der Waals surface area contributed by atoms with Crippen molar-refractivity contribution in [1.82, 2.24) is 10.2 Å². The molecule has 1 N–H and O–H groups in total. The number of rotatable bonds is 4. The summed E-state index contributed by atoms with van der Waals surface area (Å²) in [5, 5.41) is 2.80. The van der Waals surface area contributed by atoms with E-state index in [9.17, 15) is 9.59 Å². The van der Waals surface area contributed by atoms with Gasteiger partial charge in [0, 0.05) is 18.7 Å². The molecule has 2 aromatic rings. The predicted molar refractivity (Wildman–Crippen MR) is 97.6 cm³/mol. The maximum atomic E-state index is 12.9. The summed E-state index contributed by atoms with van der Waals surface area (Å²) in [7, 11) is 0. The van der Waals surface area contributed by atoms with Gasteiger partial charge >= 0.3 is 0 Å². The van der Waals surface area contributed by atoms with Gasteiger partial charge in [-0.3, -0.25) is 9.59 Å². The molecule has 0 aliphatic carbocycles. The van der Waals surface area contributed by atoms with Crippen LogP contribution in [0.4, 0.5) is 0 Å². The number of nitrogens with one attached hydrogen (secondary N) is 1. The van der Waals surface area contributed by atoms with Crippen LogP contribution in [-0.4, -0.2) is 23.3 Å². The second kappa shape index (κ2) is 7.79. The van der Waals surface area contributed by atoms with Crippen LogP contribution in [0.1, 0.15) is 29.3 Å². The van der Waals surface area contributed by atoms with Crippen molar-refractivity contribution in [2.24, 2.45) is 5.92 Å². The molecule has 0 fully saturated rings. The highest BCUT2D eigenvalue weighted by Gasteiger charge is 2.24. The number of benzene rings is 2. The molecule has 0 saturated heterocycles. The van der Waals surface area contributed by atoms with Gasteiger partial charge in [-0.2, -0.15) is 0 Å². The lowest BCUT2D eigenvalue weighted by molar-refractivity contribution is -0.127. The average Bonchev–Trinajstić information content (AvgIpc) is 2.77. The molecule has 1 aliphatic heterocycles. The number of amides is 2. The van der Waals surface area contributed by atoms with Gasteiger partial charge in [-0.15, -0.1) is 0 Å². The molecule has 3 rings (SSSR count). The number of hydrogen-bond donors (Lipinski definition) is 1. The minimum atomic E-state index is -0.256. The number of nitrogens with zero attached hydrogens (tertiary/aromatic N) is 1. The van der Waals surface area contributed by atoms with Crippen LogP contribution in [0.5, 0.6) is 0 Å². The molecule has 2 amide bonds. The van der Waals surface area contributed by atoms with E-state index in [1.807, 2.05) is 54.6 Å². The van der Waals surface area contributed by atoms with Gasteiger partial charge in [-0.05, 0) is 30.0 Å². The molecule has 1 aliphatic rings. The topological polar surface area (TPSA) is 49.4 Å². The fraction of sp³-hybridized carbons (Fsp3) is 0.238. The third-order valence-electron chi connectivity index (χ3n) is 4.32. The van der Waals surface area contributed by atoms with Crippen molar-refractivity contribution >= 4 is 11.8 Å². The molecular weight excluding hydrogens is 312 g/mol. The predicted octanol–water partition coefficient (Wildman–Crippen LogP) is 3.37. The van der Waals surface area contributed by atoms with Crippen molar-refractivity contribution in [3.8, 4) is 0 Å². The van der Waals surface area contributed by atoms with Gasteiger partial charge < -0.3 is 10.2 Å². The Kier molecular flexibility index (Phi) is 5.29. The van der Waals surface area contributed by atoms with E-state index in [4.69, 9.17) is 0 Å². The zero-order valence-electron chi connectivity index (χ0n) is 14.3. The lowest BCUT2D eigenvalue weighted by Gasteiger charge is -2.22. The van der Waals surface area contributed by atoms with Crippen molar-refractivity contribution in [3.05, 3.63) is 83.6 Å². The van der Waals surface area contributed by atoms with E-state index in [1.165, 1.54) is 0 Å². The first-order chi connectivity index (χ1) is 12.1. The average molecular weight is 334 g/mol. The van der Waals surface area contributed by atoms with Gasteiger partial charge in [0.25, 0.3) is 11.8 Å². The summed E-state index contributed by atoms with van der Waals surface area (Å²) in [6.07, 6.45) is 2.75. The molecule has 2 aromatic carbocycles. The molecule has 128 valence electrons. The van der Waals surface area contributed by atoms with Crippen molar-refractivity contribution in [2.45, 2.75) is 19.9 Å². The largest absolute Gasteiger partial charge is 0.333 e. The number of carbonyl (C=O) groups excluding carboxylic acids is 2. The second-order valence-electron chi connectivity index (χ2n) is 6.38. The fourth-order valence-electron chi connectivity index (χ4n) is 2.90. The molecule has 0 radical (unpaired) electrons. The molecule has 0 aromatic heterocycles. The summed E-state index contributed by atoms with van der Waals surface area (Å²) >= 11 is 0. The van der Waals surface area contributed by atoms with E-state index in [0.29, 0.717) is 24.4 Å². The molecule has 1 heterocycles. The third-order valence-corrected chi connectivity index (χ3v) is 4.32. The minimum absolute atomic E-state index is 0.127. The van der Waals surface area contributed by atoms with Crippen LogP contribution in [0.2, 0.25) is 0 Å². The van der Waals surface area contributed by atoms with Crippen LogP contribution < -0.4 is 5.32 Å². The van der Waals surface area contributed by atoms with Crippen LogP contribution in [0.3, 0.4) is 0 Å². The first kappa shape index (κ1) is 17.0. The van der Waals surface area contributed by atoms with Crippen molar-refractivity contribution in [2.75, 3.05) is 6.54 Å². The first-order valence-corrected chi connectivity index (χ1v) is 8.55. The van der Waals surface area contributed by atoms with Crippen molar-refractivity contribution in [3.63, 3.8) is 0 Å². The summed E-state index contributed by atoms with van der Waals surface area (Å²) in [5.74, 6) is -0.151. The van der Waals surface area contributed by atoms with Gasteiger partial charge in [0.2, 0.25) is 0 Å². The van der Waals surface area contributed by atoms with E-state index in [0.717, 1.165) is 12.0 Å². The maximum Gasteiger partial charge on any atom is 0.270 e. The van der Waals surface area contributed by atoms with E-state index in [2.05, 4.69) is 12.2 Å². The quantitative estimate of drug-likeness (QED) is 0.932. The summed E-state index contributed by atoms with van der Waals surface area (Å²) in [6.45, 7) is 3.29. The summed E-state index contributed by atoms with van der Waals surface area (Å²) in [5.41, 5.74) is 2.00. The Hall–Kier alpha value is -2.88. The second-order valence-corrected chi connectivity index (χ2v) is 6.38. The smallest absolute Gasteiger partial charge is 0.270 e. The molecule has 0 spiro atoms. The normalized spacial score (nSPS) is 17.6. The van der Waals surface area contributed by atoms with Gasteiger partial charge in [0.15, 0.2) is 0 Å². The standard InChI is InChI=1S/C21H22N2O2/c1-16-12-13-23(15-17-8-4-2-5-9-17)21(25)19(14-16)22-20(24)18-10-6-3-7-11-18/h2-11,14,16H,12-13,15H2,1H3,(H,22,24). The van der Waals surface area contributed by atoms with Gasteiger partial charge in [0.05, 0.1) is 0 Å². The Bertz CT molecular complexity index is 769. The first-order valence-electron chi connectivity index (χ1n) is 8.55. The lowest BCUT2D eigenvalue weighted by Crippen LogP contribution is -2.37. The molecule has 4 nitrogen and oxygen atoms in total. The van der Waals surface area contributed by atoms with E-state index in [-0.39, 0.29) is 17.7 Å². The molecule has 0 bridgehead atoms. The van der Waals surface area contributed by atoms with Crippen LogP contribution >= 0.6 is 0 Å². The summed E-state index contributed by atoms with van der Waals surface area (Å²) in [6, 6.07) is 18.9. The highest BCUT2D eigenvalue weighted by atomic mass is 16.2. The van der Waals surface area contributed by atoms with Crippen LogP contribution in [0, 0.1) is 5.92 Å². The lowest BCUT2D eigenvalue weighted by atomic mass is 10.1. The molecule has 4 heteroatoms.